The van der Waals surface area contributed by atoms with E-state index in [0.717, 1.165) is 5.56 Å². The minimum Gasteiger partial charge on any atom is -0.374 e. The summed E-state index contributed by atoms with van der Waals surface area (Å²) in [5, 5.41) is 2.54. The van der Waals surface area contributed by atoms with Crippen LogP contribution in [0.25, 0.3) is 0 Å². The molecular weight excluding hydrogens is 203 g/mol. The van der Waals surface area contributed by atoms with Gasteiger partial charge in [-0.3, -0.25) is 0 Å². The summed E-state index contributed by atoms with van der Waals surface area (Å²) in [6, 6.07) is 5.76. The molecule has 1 aliphatic rings. The molecule has 0 bridgehead atoms. The molecule has 1 aliphatic heterocycles. The second-order valence-electron chi connectivity index (χ2n) is 3.96. The summed E-state index contributed by atoms with van der Waals surface area (Å²) in [5.41, 5.74) is 1.58. The van der Waals surface area contributed by atoms with Crippen molar-refractivity contribution in [3.8, 4) is 0 Å². The number of rotatable bonds is 0. The van der Waals surface area contributed by atoms with Gasteiger partial charge in [-0.05, 0) is 24.0 Å². The van der Waals surface area contributed by atoms with Gasteiger partial charge in [0.25, 0.3) is 0 Å². The van der Waals surface area contributed by atoms with Crippen LogP contribution in [-0.4, -0.2) is 12.2 Å². The topological polar surface area (TPSA) is 12.0 Å². The summed E-state index contributed by atoms with van der Waals surface area (Å²) in [6.07, 6.45) is -4.05. The molecule has 1 aromatic rings. The van der Waals surface area contributed by atoms with Gasteiger partial charge in [-0.1, -0.05) is 25.1 Å². The van der Waals surface area contributed by atoms with Gasteiger partial charge >= 0.3 is 6.18 Å². The van der Waals surface area contributed by atoms with Crippen LogP contribution in [0.15, 0.2) is 24.3 Å². The number of nitrogens with one attached hydrogen (secondary N) is 1. The molecule has 2 atom stereocenters. The van der Waals surface area contributed by atoms with Crippen molar-refractivity contribution in [2.75, 3.05) is 5.32 Å². The number of hydrogen-bond donors (Lipinski definition) is 1. The van der Waals surface area contributed by atoms with Gasteiger partial charge in [0, 0.05) is 5.69 Å². The SMILES string of the molecule is C[C@@H]1C[C@H](C(F)(F)F)Nc2ccccc21. The highest BCUT2D eigenvalue weighted by Gasteiger charge is 2.42. The maximum absolute atomic E-state index is 12.5. The van der Waals surface area contributed by atoms with Crippen LogP contribution in [0.2, 0.25) is 0 Å². The Morgan fingerprint density at radius 3 is 2.60 bits per heavy atom. The van der Waals surface area contributed by atoms with Crippen LogP contribution in [0.3, 0.4) is 0 Å². The van der Waals surface area contributed by atoms with Gasteiger partial charge in [0.15, 0.2) is 0 Å². The standard InChI is InChI=1S/C11H12F3N/c1-7-6-10(11(12,13)14)15-9-5-3-2-4-8(7)9/h2-5,7,10,15H,6H2,1H3/t7-,10-/m1/s1. The van der Waals surface area contributed by atoms with Crippen molar-refractivity contribution in [1.82, 2.24) is 0 Å². The van der Waals surface area contributed by atoms with Gasteiger partial charge in [0.2, 0.25) is 0 Å². The summed E-state index contributed by atoms with van der Waals surface area (Å²) < 4.78 is 37.6. The number of para-hydroxylation sites is 1. The smallest absolute Gasteiger partial charge is 0.374 e. The summed E-state index contributed by atoms with van der Waals surface area (Å²) in [7, 11) is 0. The minimum atomic E-state index is -4.16. The van der Waals surface area contributed by atoms with E-state index >= 15 is 0 Å². The third kappa shape index (κ3) is 1.94. The number of anilines is 1. The van der Waals surface area contributed by atoms with Gasteiger partial charge in [-0.2, -0.15) is 13.2 Å². The lowest BCUT2D eigenvalue weighted by Gasteiger charge is -2.32. The second-order valence-corrected chi connectivity index (χ2v) is 3.96. The molecule has 0 fully saturated rings. The van der Waals surface area contributed by atoms with E-state index in [0.29, 0.717) is 5.69 Å². The predicted octanol–water partition coefficient (Wildman–Crippen LogP) is 3.54. The number of alkyl halides is 3. The lowest BCUT2D eigenvalue weighted by molar-refractivity contribution is -0.145. The molecular formula is C11H12F3N. The average molecular weight is 215 g/mol. The summed E-state index contributed by atoms with van der Waals surface area (Å²) in [6.45, 7) is 1.83. The lowest BCUT2D eigenvalue weighted by atomic mass is 9.88. The molecule has 0 saturated carbocycles. The zero-order chi connectivity index (χ0) is 11.1. The van der Waals surface area contributed by atoms with Crippen LogP contribution >= 0.6 is 0 Å². The molecule has 1 aromatic carbocycles. The van der Waals surface area contributed by atoms with E-state index in [1.165, 1.54) is 0 Å². The Balaban J connectivity index is 2.30. The van der Waals surface area contributed by atoms with Crippen LogP contribution in [0.1, 0.15) is 24.8 Å². The summed E-state index contributed by atoms with van der Waals surface area (Å²) >= 11 is 0. The Bertz CT molecular complexity index is 359. The van der Waals surface area contributed by atoms with E-state index in [1.807, 2.05) is 19.1 Å². The van der Waals surface area contributed by atoms with Crippen LogP contribution in [0, 0.1) is 0 Å². The molecule has 1 nitrogen and oxygen atoms in total. The minimum absolute atomic E-state index is 0.0472. The van der Waals surface area contributed by atoms with Crippen molar-refractivity contribution in [2.45, 2.75) is 31.5 Å². The quantitative estimate of drug-likeness (QED) is 0.698. The highest BCUT2D eigenvalue weighted by molar-refractivity contribution is 5.55. The fraction of sp³-hybridized carbons (Fsp3) is 0.455. The first-order valence-corrected chi connectivity index (χ1v) is 4.90. The van der Waals surface area contributed by atoms with Crippen molar-refractivity contribution in [1.29, 1.82) is 0 Å². The first-order chi connectivity index (χ1) is 6.98. The Morgan fingerprint density at radius 2 is 1.93 bits per heavy atom. The van der Waals surface area contributed by atoms with E-state index in [2.05, 4.69) is 5.32 Å². The maximum Gasteiger partial charge on any atom is 0.408 e. The molecule has 0 radical (unpaired) electrons. The molecule has 0 aromatic heterocycles. The zero-order valence-electron chi connectivity index (χ0n) is 8.31. The van der Waals surface area contributed by atoms with Crippen molar-refractivity contribution < 1.29 is 13.2 Å². The first kappa shape index (κ1) is 10.3. The third-order valence-corrected chi connectivity index (χ3v) is 2.81. The number of fused-ring (bicyclic) bond motifs is 1. The van der Waals surface area contributed by atoms with E-state index in [1.54, 1.807) is 12.1 Å². The molecule has 0 saturated heterocycles. The van der Waals surface area contributed by atoms with Crippen molar-refractivity contribution >= 4 is 5.69 Å². The molecule has 0 aliphatic carbocycles. The zero-order valence-corrected chi connectivity index (χ0v) is 8.31. The van der Waals surface area contributed by atoms with Crippen molar-refractivity contribution in [2.24, 2.45) is 0 Å². The lowest BCUT2D eigenvalue weighted by Crippen LogP contribution is -2.40. The molecule has 4 heteroatoms. The van der Waals surface area contributed by atoms with Crippen LogP contribution in [0.5, 0.6) is 0 Å². The van der Waals surface area contributed by atoms with E-state index in [9.17, 15) is 13.2 Å². The van der Waals surface area contributed by atoms with Gasteiger partial charge in [0.05, 0.1) is 0 Å². The van der Waals surface area contributed by atoms with Crippen molar-refractivity contribution in [3.05, 3.63) is 29.8 Å². The largest absolute Gasteiger partial charge is 0.408 e. The number of hydrogen-bond acceptors (Lipinski definition) is 1. The fourth-order valence-electron chi connectivity index (χ4n) is 2.00. The predicted molar refractivity (Wildman–Crippen MR) is 52.9 cm³/mol. The van der Waals surface area contributed by atoms with Crippen molar-refractivity contribution in [3.63, 3.8) is 0 Å². The third-order valence-electron chi connectivity index (χ3n) is 2.81. The molecule has 0 amide bonds. The molecule has 1 N–H and O–H groups in total. The molecule has 15 heavy (non-hydrogen) atoms. The van der Waals surface area contributed by atoms with Gasteiger partial charge < -0.3 is 5.32 Å². The van der Waals surface area contributed by atoms with E-state index in [4.69, 9.17) is 0 Å². The second kappa shape index (κ2) is 3.43. The van der Waals surface area contributed by atoms with Gasteiger partial charge in [-0.15, -0.1) is 0 Å². The first-order valence-electron chi connectivity index (χ1n) is 4.90. The summed E-state index contributed by atoms with van der Waals surface area (Å²) in [5.74, 6) is -0.0472. The van der Waals surface area contributed by atoms with Crippen LogP contribution in [0.4, 0.5) is 18.9 Å². The Kier molecular flexibility index (Phi) is 2.37. The fourth-order valence-corrected chi connectivity index (χ4v) is 2.00. The average Bonchev–Trinajstić information content (AvgIpc) is 2.16. The molecule has 0 spiro atoms. The Hall–Kier alpha value is -1.19. The van der Waals surface area contributed by atoms with Gasteiger partial charge in [-0.25, -0.2) is 0 Å². The number of halogens is 3. The van der Waals surface area contributed by atoms with Gasteiger partial charge in [0.1, 0.15) is 6.04 Å². The normalized spacial score (nSPS) is 25.6. The van der Waals surface area contributed by atoms with Crippen LogP contribution < -0.4 is 5.32 Å². The Labute approximate surface area is 86.3 Å². The highest BCUT2D eigenvalue weighted by Crippen LogP contribution is 2.38. The maximum atomic E-state index is 12.5. The van der Waals surface area contributed by atoms with E-state index < -0.39 is 12.2 Å². The monoisotopic (exact) mass is 215 g/mol. The van der Waals surface area contributed by atoms with E-state index in [-0.39, 0.29) is 12.3 Å². The molecule has 1 heterocycles. The highest BCUT2D eigenvalue weighted by atomic mass is 19.4. The Morgan fingerprint density at radius 1 is 1.27 bits per heavy atom. The molecule has 82 valence electrons. The number of benzene rings is 1. The molecule has 2 rings (SSSR count). The summed E-state index contributed by atoms with van der Waals surface area (Å²) in [4.78, 5) is 0. The van der Waals surface area contributed by atoms with Crippen LogP contribution in [-0.2, 0) is 0 Å². The molecule has 0 unspecified atom stereocenters.